The molecule has 0 bridgehead atoms. The van der Waals surface area contributed by atoms with E-state index in [9.17, 15) is 0 Å². The normalized spacial score (nSPS) is 10.6. The summed E-state index contributed by atoms with van der Waals surface area (Å²) < 4.78 is 5.45. The van der Waals surface area contributed by atoms with Crippen LogP contribution in [-0.4, -0.2) is 11.3 Å². The van der Waals surface area contributed by atoms with E-state index in [1.807, 2.05) is 66.7 Å². The molecule has 0 atom stereocenters. The molecular weight excluding hydrogens is 306 g/mol. The highest BCUT2D eigenvalue weighted by atomic mass is 32.1. The van der Waals surface area contributed by atoms with Gasteiger partial charge in [-0.15, -0.1) is 0 Å². The molecule has 3 aromatic rings. The molecule has 0 amide bonds. The molecule has 0 aliphatic carbocycles. The van der Waals surface area contributed by atoms with Gasteiger partial charge < -0.3 is 9.73 Å². The number of thiocarbonyl (C=S) groups is 1. The van der Waals surface area contributed by atoms with Crippen molar-refractivity contribution in [3.8, 4) is 11.3 Å². The number of hydrogen-bond donors (Lipinski definition) is 2. The van der Waals surface area contributed by atoms with Crippen LogP contribution in [0.1, 0.15) is 5.56 Å². The first-order valence-electron chi connectivity index (χ1n) is 7.11. The van der Waals surface area contributed by atoms with Gasteiger partial charge in [0.25, 0.3) is 0 Å². The molecule has 114 valence electrons. The minimum Gasteiger partial charge on any atom is -0.464 e. The fourth-order valence-electron chi connectivity index (χ4n) is 2.11. The van der Waals surface area contributed by atoms with E-state index in [4.69, 9.17) is 16.6 Å². The largest absolute Gasteiger partial charge is 0.464 e. The SMILES string of the molecule is S=C(N/N=C/c1ccccc1-c1ccco1)Nc1ccccc1. The van der Waals surface area contributed by atoms with Crippen molar-refractivity contribution >= 4 is 29.2 Å². The van der Waals surface area contributed by atoms with Crippen LogP contribution in [-0.2, 0) is 0 Å². The lowest BCUT2D eigenvalue weighted by atomic mass is 10.1. The van der Waals surface area contributed by atoms with Crippen LogP contribution in [0.3, 0.4) is 0 Å². The molecular formula is C18H15N3OS. The number of rotatable bonds is 4. The molecule has 0 radical (unpaired) electrons. The molecule has 2 aromatic carbocycles. The van der Waals surface area contributed by atoms with Crippen LogP contribution in [0.4, 0.5) is 5.69 Å². The van der Waals surface area contributed by atoms with Crippen molar-refractivity contribution in [3.05, 3.63) is 78.6 Å². The van der Waals surface area contributed by atoms with Gasteiger partial charge in [0.05, 0.1) is 12.5 Å². The van der Waals surface area contributed by atoms with Crippen LogP contribution in [0.25, 0.3) is 11.3 Å². The Kier molecular flexibility index (Phi) is 4.81. The van der Waals surface area contributed by atoms with Gasteiger partial charge in [-0.25, -0.2) is 0 Å². The number of furan rings is 1. The van der Waals surface area contributed by atoms with E-state index in [1.165, 1.54) is 0 Å². The van der Waals surface area contributed by atoms with Crippen molar-refractivity contribution in [1.82, 2.24) is 5.43 Å². The Balaban J connectivity index is 1.66. The molecule has 2 N–H and O–H groups in total. The second-order valence-corrected chi connectivity index (χ2v) is 5.16. The molecule has 0 unspecified atom stereocenters. The summed E-state index contributed by atoms with van der Waals surface area (Å²) in [6.07, 6.45) is 3.37. The highest BCUT2D eigenvalue weighted by Crippen LogP contribution is 2.22. The lowest BCUT2D eigenvalue weighted by Gasteiger charge is -2.06. The van der Waals surface area contributed by atoms with Gasteiger partial charge in [0.15, 0.2) is 5.11 Å². The van der Waals surface area contributed by atoms with Crippen LogP contribution in [0, 0.1) is 0 Å². The Morgan fingerprint density at radius 3 is 2.52 bits per heavy atom. The van der Waals surface area contributed by atoms with Crippen molar-refractivity contribution in [2.24, 2.45) is 5.10 Å². The average molecular weight is 321 g/mol. The highest BCUT2D eigenvalue weighted by Gasteiger charge is 2.04. The molecule has 3 rings (SSSR count). The van der Waals surface area contributed by atoms with Crippen LogP contribution in [0.2, 0.25) is 0 Å². The maximum absolute atomic E-state index is 5.45. The molecule has 4 nitrogen and oxygen atoms in total. The van der Waals surface area contributed by atoms with Crippen molar-refractivity contribution in [2.75, 3.05) is 5.32 Å². The Labute approximate surface area is 139 Å². The van der Waals surface area contributed by atoms with Crippen molar-refractivity contribution in [2.45, 2.75) is 0 Å². The van der Waals surface area contributed by atoms with Gasteiger partial charge in [-0.2, -0.15) is 5.10 Å². The lowest BCUT2D eigenvalue weighted by molar-refractivity contribution is 0.582. The van der Waals surface area contributed by atoms with E-state index < -0.39 is 0 Å². The predicted molar refractivity (Wildman–Crippen MR) is 97.5 cm³/mol. The third-order valence-corrected chi connectivity index (χ3v) is 3.34. The van der Waals surface area contributed by atoms with E-state index in [0.29, 0.717) is 5.11 Å². The van der Waals surface area contributed by atoms with Crippen molar-refractivity contribution < 1.29 is 4.42 Å². The molecule has 23 heavy (non-hydrogen) atoms. The Morgan fingerprint density at radius 2 is 1.74 bits per heavy atom. The monoisotopic (exact) mass is 321 g/mol. The molecule has 0 saturated carbocycles. The molecule has 1 aromatic heterocycles. The summed E-state index contributed by atoms with van der Waals surface area (Å²) in [5.41, 5.74) is 5.64. The number of anilines is 1. The van der Waals surface area contributed by atoms with E-state index in [2.05, 4.69) is 15.8 Å². The topological polar surface area (TPSA) is 49.6 Å². The predicted octanol–water partition coefficient (Wildman–Crippen LogP) is 4.27. The van der Waals surface area contributed by atoms with Gasteiger partial charge in [0, 0.05) is 16.8 Å². The van der Waals surface area contributed by atoms with Crippen LogP contribution < -0.4 is 10.7 Å². The van der Waals surface area contributed by atoms with Crippen LogP contribution >= 0.6 is 12.2 Å². The fraction of sp³-hybridized carbons (Fsp3) is 0. The lowest BCUT2D eigenvalue weighted by Crippen LogP contribution is -2.23. The minimum atomic E-state index is 0.433. The third-order valence-electron chi connectivity index (χ3n) is 3.15. The number of nitrogens with one attached hydrogen (secondary N) is 2. The van der Waals surface area contributed by atoms with E-state index >= 15 is 0 Å². The first kappa shape index (κ1) is 15.0. The van der Waals surface area contributed by atoms with Crippen LogP contribution in [0.15, 0.2) is 82.5 Å². The minimum absolute atomic E-state index is 0.433. The average Bonchev–Trinajstić information content (AvgIpc) is 3.10. The molecule has 0 saturated heterocycles. The van der Waals surface area contributed by atoms with Gasteiger partial charge >= 0.3 is 0 Å². The summed E-state index contributed by atoms with van der Waals surface area (Å²) in [6.45, 7) is 0. The van der Waals surface area contributed by atoms with Gasteiger partial charge in [0.2, 0.25) is 0 Å². The number of hydrazone groups is 1. The van der Waals surface area contributed by atoms with Crippen LogP contribution in [0.5, 0.6) is 0 Å². The smallest absolute Gasteiger partial charge is 0.191 e. The van der Waals surface area contributed by atoms with E-state index in [1.54, 1.807) is 12.5 Å². The summed E-state index contributed by atoms with van der Waals surface area (Å²) in [5.74, 6) is 0.803. The highest BCUT2D eigenvalue weighted by molar-refractivity contribution is 7.80. The maximum atomic E-state index is 5.45. The summed E-state index contributed by atoms with van der Waals surface area (Å²) in [4.78, 5) is 0. The van der Waals surface area contributed by atoms with Crippen molar-refractivity contribution in [1.29, 1.82) is 0 Å². The third kappa shape index (κ3) is 4.05. The Hall–Kier alpha value is -2.92. The number of para-hydroxylation sites is 1. The van der Waals surface area contributed by atoms with E-state index in [0.717, 1.165) is 22.6 Å². The first-order chi connectivity index (χ1) is 11.3. The summed E-state index contributed by atoms with van der Waals surface area (Å²) in [5, 5.41) is 7.68. The molecule has 0 aliphatic rings. The molecule has 0 fully saturated rings. The second-order valence-electron chi connectivity index (χ2n) is 4.75. The number of benzene rings is 2. The number of hydrogen-bond acceptors (Lipinski definition) is 3. The standard InChI is InChI=1S/C18H15N3OS/c23-18(20-15-8-2-1-3-9-15)21-19-13-14-7-4-5-10-16(14)17-11-6-12-22-17/h1-13H,(H2,20,21,23)/b19-13+. The van der Waals surface area contributed by atoms with Gasteiger partial charge in [-0.3, -0.25) is 5.43 Å². The maximum Gasteiger partial charge on any atom is 0.191 e. The first-order valence-corrected chi connectivity index (χ1v) is 7.52. The Morgan fingerprint density at radius 1 is 0.957 bits per heavy atom. The quantitative estimate of drug-likeness (QED) is 0.428. The zero-order valence-electron chi connectivity index (χ0n) is 12.3. The zero-order chi connectivity index (χ0) is 15.9. The fourth-order valence-corrected chi connectivity index (χ4v) is 2.28. The number of nitrogens with zero attached hydrogens (tertiary/aromatic N) is 1. The van der Waals surface area contributed by atoms with Gasteiger partial charge in [0.1, 0.15) is 5.76 Å². The van der Waals surface area contributed by atoms with Crippen molar-refractivity contribution in [3.63, 3.8) is 0 Å². The summed E-state index contributed by atoms with van der Waals surface area (Å²) in [6, 6.07) is 21.3. The Bertz CT molecular complexity index is 798. The van der Waals surface area contributed by atoms with Gasteiger partial charge in [-0.1, -0.05) is 42.5 Å². The van der Waals surface area contributed by atoms with Gasteiger partial charge in [-0.05, 0) is 36.5 Å². The summed E-state index contributed by atoms with van der Waals surface area (Å²) in [7, 11) is 0. The molecule has 5 heteroatoms. The zero-order valence-corrected chi connectivity index (χ0v) is 13.1. The molecule has 0 spiro atoms. The molecule has 0 aliphatic heterocycles. The molecule has 1 heterocycles. The second kappa shape index (κ2) is 7.38. The van der Waals surface area contributed by atoms with E-state index in [-0.39, 0.29) is 0 Å². The summed E-state index contributed by atoms with van der Waals surface area (Å²) >= 11 is 5.21.